The van der Waals surface area contributed by atoms with Crippen molar-refractivity contribution in [2.24, 2.45) is 0 Å². The first kappa shape index (κ1) is 29.2. The maximum atomic E-state index is 14.4. The predicted molar refractivity (Wildman–Crippen MR) is 150 cm³/mol. The molecule has 2 aromatic carbocycles. The topological polar surface area (TPSA) is 87.7 Å². The fourth-order valence-corrected chi connectivity index (χ4v) is 4.59. The van der Waals surface area contributed by atoms with E-state index in [4.69, 9.17) is 4.74 Å². The number of alkyl carbamates (subject to hydrolysis) is 1. The van der Waals surface area contributed by atoms with Crippen molar-refractivity contribution < 1.29 is 19.1 Å². The molecule has 0 spiro atoms. The number of hydrogen-bond acceptors (Lipinski definition) is 4. The summed E-state index contributed by atoms with van der Waals surface area (Å²) in [6.45, 7) is 15.1. The highest BCUT2D eigenvalue weighted by molar-refractivity contribution is 5.93. The first-order valence-electron chi connectivity index (χ1n) is 13.4. The van der Waals surface area contributed by atoms with Crippen molar-refractivity contribution in [1.82, 2.24) is 15.5 Å². The van der Waals surface area contributed by atoms with E-state index in [9.17, 15) is 14.4 Å². The van der Waals surface area contributed by atoms with E-state index in [1.807, 2.05) is 83.1 Å². The molecule has 2 atom stereocenters. The van der Waals surface area contributed by atoms with E-state index in [2.05, 4.69) is 10.6 Å². The Morgan fingerprint density at radius 1 is 0.947 bits per heavy atom. The molecule has 0 aliphatic heterocycles. The Balaban J connectivity index is 2.04. The Bertz CT molecular complexity index is 1120. The fourth-order valence-electron chi connectivity index (χ4n) is 4.59. The monoisotopic (exact) mass is 521 g/mol. The largest absolute Gasteiger partial charge is 0.444 e. The zero-order chi connectivity index (χ0) is 28.3. The van der Waals surface area contributed by atoms with Gasteiger partial charge in [-0.15, -0.1) is 0 Å². The Kier molecular flexibility index (Phi) is 8.90. The molecular formula is C31H43N3O4. The van der Waals surface area contributed by atoms with Gasteiger partial charge < -0.3 is 20.3 Å². The maximum absolute atomic E-state index is 14.4. The van der Waals surface area contributed by atoms with Crippen molar-refractivity contribution >= 4 is 17.9 Å². The number of aryl methyl sites for hydroxylation is 2. The molecule has 0 aromatic heterocycles. The second-order valence-corrected chi connectivity index (χ2v) is 12.4. The number of nitrogens with zero attached hydrogens (tertiary/aromatic N) is 1. The van der Waals surface area contributed by atoms with Crippen molar-refractivity contribution in [2.45, 2.75) is 104 Å². The lowest BCUT2D eigenvalue weighted by molar-refractivity contribution is -0.143. The van der Waals surface area contributed by atoms with E-state index in [-0.39, 0.29) is 24.3 Å². The first-order chi connectivity index (χ1) is 17.6. The standard InChI is InChI=1S/C31H43N3O4/c1-20-16-21(2)18-23(17-20)26(27(35)33-30(3,4)5)34(24-14-15-24)28(36)25(19-22-12-10-9-11-13-22)32-29(37)38-31(6,7)8/h9-13,16-18,24-26H,14-15,19H2,1-8H3,(H,32,37)(H,33,35). The van der Waals surface area contributed by atoms with Gasteiger partial charge in [-0.25, -0.2) is 4.79 Å². The van der Waals surface area contributed by atoms with Gasteiger partial charge in [-0.2, -0.15) is 0 Å². The molecule has 1 fully saturated rings. The lowest BCUT2D eigenvalue weighted by Crippen LogP contribution is -2.55. The highest BCUT2D eigenvalue weighted by Crippen LogP contribution is 2.36. The number of ether oxygens (including phenoxy) is 1. The van der Waals surface area contributed by atoms with E-state index in [0.717, 1.165) is 35.1 Å². The third-order valence-corrected chi connectivity index (χ3v) is 6.05. The van der Waals surface area contributed by atoms with Gasteiger partial charge in [0.05, 0.1) is 0 Å². The number of rotatable bonds is 8. The molecule has 0 bridgehead atoms. The molecule has 1 aliphatic rings. The van der Waals surface area contributed by atoms with Crippen LogP contribution in [0.4, 0.5) is 4.79 Å². The number of nitrogens with one attached hydrogen (secondary N) is 2. The molecule has 2 aromatic rings. The second-order valence-electron chi connectivity index (χ2n) is 12.4. The van der Waals surface area contributed by atoms with Crippen LogP contribution in [0.3, 0.4) is 0 Å². The van der Waals surface area contributed by atoms with Crippen LogP contribution in [0.2, 0.25) is 0 Å². The summed E-state index contributed by atoms with van der Waals surface area (Å²) in [7, 11) is 0. The summed E-state index contributed by atoms with van der Waals surface area (Å²) in [4.78, 5) is 42.7. The van der Waals surface area contributed by atoms with Crippen molar-refractivity contribution in [1.29, 1.82) is 0 Å². The van der Waals surface area contributed by atoms with Crippen molar-refractivity contribution in [3.8, 4) is 0 Å². The third-order valence-electron chi connectivity index (χ3n) is 6.05. The highest BCUT2D eigenvalue weighted by Gasteiger charge is 2.44. The minimum atomic E-state index is -0.899. The van der Waals surface area contributed by atoms with Crippen LogP contribution in [-0.2, 0) is 20.7 Å². The Morgan fingerprint density at radius 2 is 1.53 bits per heavy atom. The molecule has 0 radical (unpaired) electrons. The van der Waals surface area contributed by atoms with Crippen LogP contribution < -0.4 is 10.6 Å². The van der Waals surface area contributed by atoms with Gasteiger partial charge in [0.1, 0.15) is 17.7 Å². The summed E-state index contributed by atoms with van der Waals surface area (Å²) in [5, 5.41) is 5.91. The molecule has 7 heteroatoms. The highest BCUT2D eigenvalue weighted by atomic mass is 16.6. The number of carbonyl (C=O) groups excluding carboxylic acids is 3. The average Bonchev–Trinajstić information content (AvgIpc) is 3.59. The first-order valence-corrected chi connectivity index (χ1v) is 13.4. The normalized spacial score (nSPS) is 15.3. The summed E-state index contributed by atoms with van der Waals surface area (Å²) < 4.78 is 5.50. The fraction of sp³-hybridized carbons (Fsp3) is 0.516. The molecule has 206 valence electrons. The van der Waals surface area contributed by atoms with Crippen LogP contribution in [-0.4, -0.2) is 46.0 Å². The maximum Gasteiger partial charge on any atom is 0.408 e. The number of benzene rings is 2. The van der Waals surface area contributed by atoms with Gasteiger partial charge in [0, 0.05) is 18.0 Å². The van der Waals surface area contributed by atoms with Gasteiger partial charge in [-0.1, -0.05) is 59.7 Å². The van der Waals surface area contributed by atoms with Gasteiger partial charge in [0.2, 0.25) is 11.8 Å². The van der Waals surface area contributed by atoms with E-state index in [1.54, 1.807) is 25.7 Å². The van der Waals surface area contributed by atoms with Gasteiger partial charge >= 0.3 is 6.09 Å². The van der Waals surface area contributed by atoms with Crippen molar-refractivity contribution in [3.63, 3.8) is 0 Å². The predicted octanol–water partition coefficient (Wildman–Crippen LogP) is 5.39. The molecule has 0 saturated heterocycles. The van der Waals surface area contributed by atoms with Crippen LogP contribution in [0.15, 0.2) is 48.5 Å². The lowest BCUT2D eigenvalue weighted by atomic mass is 9.96. The molecule has 0 heterocycles. The van der Waals surface area contributed by atoms with Gasteiger partial charge in [0.25, 0.3) is 0 Å². The zero-order valence-corrected chi connectivity index (χ0v) is 24.1. The third kappa shape index (κ3) is 8.61. The molecule has 2 N–H and O–H groups in total. The quantitative estimate of drug-likeness (QED) is 0.488. The van der Waals surface area contributed by atoms with Crippen molar-refractivity contribution in [3.05, 3.63) is 70.8 Å². The lowest BCUT2D eigenvalue weighted by Gasteiger charge is -2.36. The summed E-state index contributed by atoms with van der Waals surface area (Å²) in [5.41, 5.74) is 2.51. The summed E-state index contributed by atoms with van der Waals surface area (Å²) in [6, 6.07) is 13.7. The van der Waals surface area contributed by atoms with Gasteiger partial charge in [-0.3, -0.25) is 9.59 Å². The smallest absolute Gasteiger partial charge is 0.408 e. The molecular weight excluding hydrogens is 478 g/mol. The molecule has 2 unspecified atom stereocenters. The second kappa shape index (κ2) is 11.6. The molecule has 7 nitrogen and oxygen atoms in total. The molecule has 38 heavy (non-hydrogen) atoms. The molecule has 3 amide bonds. The summed E-state index contributed by atoms with van der Waals surface area (Å²) in [6.07, 6.45) is 1.23. The average molecular weight is 522 g/mol. The van der Waals surface area contributed by atoms with Crippen LogP contribution in [0.5, 0.6) is 0 Å². The zero-order valence-electron chi connectivity index (χ0n) is 24.1. The van der Waals surface area contributed by atoms with Crippen LogP contribution in [0.1, 0.15) is 82.7 Å². The van der Waals surface area contributed by atoms with E-state index < -0.39 is 29.3 Å². The number of carbonyl (C=O) groups is 3. The summed E-state index contributed by atoms with van der Waals surface area (Å²) >= 11 is 0. The number of amides is 3. The van der Waals surface area contributed by atoms with E-state index in [1.165, 1.54) is 0 Å². The molecule has 1 aliphatic carbocycles. The SMILES string of the molecule is Cc1cc(C)cc(C(C(=O)NC(C)(C)C)N(C(=O)C(Cc2ccccc2)NC(=O)OC(C)(C)C)C2CC2)c1. The van der Waals surface area contributed by atoms with Crippen LogP contribution >= 0.6 is 0 Å². The molecule has 3 rings (SSSR count). The Hall–Kier alpha value is -3.35. The number of hydrogen-bond donors (Lipinski definition) is 2. The molecule has 1 saturated carbocycles. The Morgan fingerprint density at radius 3 is 2.03 bits per heavy atom. The van der Waals surface area contributed by atoms with E-state index >= 15 is 0 Å². The van der Waals surface area contributed by atoms with Gasteiger partial charge in [0.15, 0.2) is 0 Å². The van der Waals surface area contributed by atoms with Gasteiger partial charge in [-0.05, 0) is 79.4 Å². The van der Waals surface area contributed by atoms with E-state index in [0.29, 0.717) is 0 Å². The minimum Gasteiger partial charge on any atom is -0.444 e. The van der Waals surface area contributed by atoms with Crippen LogP contribution in [0.25, 0.3) is 0 Å². The summed E-state index contributed by atoms with van der Waals surface area (Å²) in [5.74, 6) is -0.533. The Labute approximate surface area is 227 Å². The van der Waals surface area contributed by atoms with Crippen LogP contribution in [0, 0.1) is 13.8 Å². The minimum absolute atomic E-state index is 0.0854. The van der Waals surface area contributed by atoms with Crippen molar-refractivity contribution in [2.75, 3.05) is 0 Å².